The number of aromatic nitrogens is 1. The van der Waals surface area contributed by atoms with Crippen LogP contribution in [-0.2, 0) is 11.3 Å². The van der Waals surface area contributed by atoms with E-state index in [2.05, 4.69) is 21.3 Å². The third-order valence-electron chi connectivity index (χ3n) is 5.49. The zero-order valence-electron chi connectivity index (χ0n) is 17.0. The summed E-state index contributed by atoms with van der Waals surface area (Å²) in [5.74, 6) is 1.08. The molecule has 5 nitrogen and oxygen atoms in total. The van der Waals surface area contributed by atoms with Gasteiger partial charge in [-0.05, 0) is 38.3 Å². The number of carbonyl (C=O) groups is 1. The van der Waals surface area contributed by atoms with E-state index in [1.54, 1.807) is 23.1 Å². The summed E-state index contributed by atoms with van der Waals surface area (Å²) in [5.41, 5.74) is 1.97. The monoisotopic (exact) mass is 431 g/mol. The van der Waals surface area contributed by atoms with Crippen LogP contribution in [0, 0.1) is 6.92 Å². The first-order chi connectivity index (χ1) is 14.2. The van der Waals surface area contributed by atoms with E-state index < -0.39 is 0 Å². The lowest BCUT2D eigenvalue weighted by atomic mass is 10.2. The Morgan fingerprint density at radius 2 is 2.14 bits per heavy atom. The Labute approximate surface area is 181 Å². The summed E-state index contributed by atoms with van der Waals surface area (Å²) >= 11 is 3.46. The molecule has 7 heteroatoms. The molecular formula is C22H29N3O2S2. The van der Waals surface area contributed by atoms with Gasteiger partial charge in [0.2, 0.25) is 0 Å². The van der Waals surface area contributed by atoms with Gasteiger partial charge in [-0.25, -0.2) is 4.98 Å². The Morgan fingerprint density at radius 3 is 2.93 bits per heavy atom. The van der Waals surface area contributed by atoms with Crippen molar-refractivity contribution in [3.05, 3.63) is 45.9 Å². The lowest BCUT2D eigenvalue weighted by Crippen LogP contribution is -2.35. The van der Waals surface area contributed by atoms with Gasteiger partial charge in [0.05, 0.1) is 22.4 Å². The average molecular weight is 432 g/mol. The molecular weight excluding hydrogens is 402 g/mol. The number of rotatable bonds is 6. The summed E-state index contributed by atoms with van der Waals surface area (Å²) in [4.78, 5) is 23.4. The second-order valence-corrected chi connectivity index (χ2v) is 9.85. The maximum Gasteiger partial charge on any atom is 0.255 e. The molecule has 2 fully saturated rings. The van der Waals surface area contributed by atoms with Crippen molar-refractivity contribution in [2.45, 2.75) is 43.7 Å². The van der Waals surface area contributed by atoms with Crippen LogP contribution in [0.5, 0.6) is 0 Å². The van der Waals surface area contributed by atoms with E-state index in [-0.39, 0.29) is 5.91 Å². The number of thioether (sulfide) groups is 1. The Balaban J connectivity index is 1.36. The van der Waals surface area contributed by atoms with Crippen molar-refractivity contribution in [1.29, 1.82) is 0 Å². The van der Waals surface area contributed by atoms with Crippen molar-refractivity contribution in [3.8, 4) is 0 Å². The van der Waals surface area contributed by atoms with Crippen molar-refractivity contribution >= 4 is 29.0 Å². The van der Waals surface area contributed by atoms with Crippen molar-refractivity contribution < 1.29 is 9.53 Å². The van der Waals surface area contributed by atoms with Crippen LogP contribution in [0.4, 0.5) is 0 Å². The van der Waals surface area contributed by atoms with Gasteiger partial charge in [0.1, 0.15) is 0 Å². The van der Waals surface area contributed by atoms with Crippen molar-refractivity contribution in [3.63, 3.8) is 0 Å². The van der Waals surface area contributed by atoms with Gasteiger partial charge in [-0.15, -0.1) is 23.1 Å². The molecule has 0 aliphatic carbocycles. The number of nitrogens with zero attached hydrogens (tertiary/aromatic N) is 3. The highest BCUT2D eigenvalue weighted by molar-refractivity contribution is 7.99. The highest BCUT2D eigenvalue weighted by Gasteiger charge is 2.23. The van der Waals surface area contributed by atoms with Gasteiger partial charge >= 0.3 is 0 Å². The van der Waals surface area contributed by atoms with Gasteiger partial charge in [-0.2, -0.15) is 0 Å². The number of thiazole rings is 1. The molecule has 2 aliphatic heterocycles. The molecule has 0 radical (unpaired) electrons. The van der Waals surface area contributed by atoms with E-state index in [4.69, 9.17) is 4.74 Å². The molecule has 0 N–H and O–H groups in total. The molecule has 1 amide bonds. The fourth-order valence-corrected chi connectivity index (χ4v) is 5.66. The van der Waals surface area contributed by atoms with Crippen LogP contribution in [0.1, 0.15) is 40.3 Å². The fourth-order valence-electron chi connectivity index (χ4n) is 3.94. The number of hydrogen-bond acceptors (Lipinski definition) is 6. The molecule has 0 saturated carbocycles. The normalized spacial score (nSPS) is 20.7. The van der Waals surface area contributed by atoms with Gasteiger partial charge < -0.3 is 9.64 Å². The second kappa shape index (κ2) is 10.1. The molecule has 3 heterocycles. The SMILES string of the molecule is Cc1nc(CN2CCCN(C(=O)c3ccccc3SCC3CCCO3)CC2)cs1. The first-order valence-corrected chi connectivity index (χ1v) is 12.3. The summed E-state index contributed by atoms with van der Waals surface area (Å²) < 4.78 is 5.74. The molecule has 156 valence electrons. The molecule has 1 atom stereocenters. The highest BCUT2D eigenvalue weighted by Crippen LogP contribution is 2.28. The molecule has 0 spiro atoms. The Bertz CT molecular complexity index is 820. The topological polar surface area (TPSA) is 45.7 Å². The number of aryl methyl sites for hydroxylation is 1. The van der Waals surface area contributed by atoms with Crippen LogP contribution in [0.3, 0.4) is 0 Å². The first-order valence-electron chi connectivity index (χ1n) is 10.4. The molecule has 1 aromatic carbocycles. The van der Waals surface area contributed by atoms with E-state index in [9.17, 15) is 4.79 Å². The van der Waals surface area contributed by atoms with Gasteiger partial charge in [0.15, 0.2) is 0 Å². The third kappa shape index (κ3) is 5.60. The van der Waals surface area contributed by atoms with Crippen molar-refractivity contribution in [1.82, 2.24) is 14.8 Å². The van der Waals surface area contributed by atoms with Crippen LogP contribution in [0.25, 0.3) is 0 Å². The van der Waals surface area contributed by atoms with Gasteiger partial charge in [0.25, 0.3) is 5.91 Å². The zero-order chi connectivity index (χ0) is 20.1. The summed E-state index contributed by atoms with van der Waals surface area (Å²) in [7, 11) is 0. The maximum absolute atomic E-state index is 13.3. The predicted octanol–water partition coefficient (Wildman–Crippen LogP) is 4.07. The minimum absolute atomic E-state index is 0.159. The Kier molecular flexibility index (Phi) is 7.24. The van der Waals surface area contributed by atoms with Gasteiger partial charge in [-0.1, -0.05) is 12.1 Å². The van der Waals surface area contributed by atoms with Crippen LogP contribution >= 0.6 is 23.1 Å². The van der Waals surface area contributed by atoms with Crippen LogP contribution in [0.2, 0.25) is 0 Å². The largest absolute Gasteiger partial charge is 0.377 e. The molecule has 29 heavy (non-hydrogen) atoms. The Morgan fingerprint density at radius 1 is 1.24 bits per heavy atom. The lowest BCUT2D eigenvalue weighted by molar-refractivity contribution is 0.0757. The quantitative estimate of drug-likeness (QED) is 0.645. The minimum atomic E-state index is 0.159. The van der Waals surface area contributed by atoms with Gasteiger partial charge in [-0.3, -0.25) is 9.69 Å². The lowest BCUT2D eigenvalue weighted by Gasteiger charge is -2.23. The number of carbonyl (C=O) groups excluding carboxylic acids is 1. The summed E-state index contributed by atoms with van der Waals surface area (Å²) in [6.07, 6.45) is 3.60. The minimum Gasteiger partial charge on any atom is -0.377 e. The van der Waals surface area contributed by atoms with Crippen LogP contribution in [-0.4, -0.2) is 65.3 Å². The molecule has 1 unspecified atom stereocenters. The zero-order valence-corrected chi connectivity index (χ0v) is 18.6. The Hall–Kier alpha value is -1.41. The maximum atomic E-state index is 13.3. The average Bonchev–Trinajstić information content (AvgIpc) is 3.34. The smallest absolute Gasteiger partial charge is 0.255 e. The molecule has 2 aromatic rings. The number of benzene rings is 1. The number of amides is 1. The van der Waals surface area contributed by atoms with E-state index in [1.165, 1.54) is 0 Å². The molecule has 2 saturated heterocycles. The molecule has 1 aromatic heterocycles. The van der Waals surface area contributed by atoms with Crippen LogP contribution in [0.15, 0.2) is 34.5 Å². The van der Waals surface area contributed by atoms with E-state index in [0.717, 1.165) is 85.5 Å². The number of hydrogen-bond donors (Lipinski definition) is 0. The van der Waals surface area contributed by atoms with E-state index >= 15 is 0 Å². The summed E-state index contributed by atoms with van der Waals surface area (Å²) in [6.45, 7) is 7.29. The first kappa shape index (κ1) is 20.8. The molecule has 2 aliphatic rings. The second-order valence-electron chi connectivity index (χ2n) is 7.72. The van der Waals surface area contributed by atoms with Gasteiger partial charge in [0, 0.05) is 55.4 Å². The highest BCUT2D eigenvalue weighted by atomic mass is 32.2. The molecule has 0 bridgehead atoms. The van der Waals surface area contributed by atoms with E-state index in [1.807, 2.05) is 30.0 Å². The predicted molar refractivity (Wildman–Crippen MR) is 119 cm³/mol. The van der Waals surface area contributed by atoms with Crippen molar-refractivity contribution in [2.24, 2.45) is 0 Å². The van der Waals surface area contributed by atoms with E-state index in [0.29, 0.717) is 6.10 Å². The standard InChI is InChI=1S/C22H29N3O2S2/c1-17-23-18(15-28-17)14-24-9-5-10-25(12-11-24)22(26)20-7-2-3-8-21(20)29-16-19-6-4-13-27-19/h2-3,7-8,15,19H,4-6,9-14,16H2,1H3. The molecule has 4 rings (SSSR count). The summed E-state index contributed by atoms with van der Waals surface area (Å²) in [5, 5.41) is 3.26. The van der Waals surface area contributed by atoms with Crippen molar-refractivity contribution in [2.75, 3.05) is 38.5 Å². The summed E-state index contributed by atoms with van der Waals surface area (Å²) in [6, 6.07) is 8.04. The van der Waals surface area contributed by atoms with Crippen LogP contribution < -0.4 is 0 Å². The third-order valence-corrected chi connectivity index (χ3v) is 7.52. The fraction of sp³-hybridized carbons (Fsp3) is 0.545. The number of ether oxygens (including phenoxy) is 1.